The number of hydrogen-bond acceptors (Lipinski definition) is 2. The van der Waals surface area contributed by atoms with Crippen molar-refractivity contribution in [2.45, 2.75) is 6.42 Å². The molecule has 1 aromatic heterocycles. The zero-order valence-electron chi connectivity index (χ0n) is 10.4. The van der Waals surface area contributed by atoms with Crippen LogP contribution < -0.4 is 0 Å². The maximum atomic E-state index is 14.2. The van der Waals surface area contributed by atoms with Gasteiger partial charge in [0.2, 0.25) is 5.95 Å². The second-order valence-electron chi connectivity index (χ2n) is 4.15. The molecule has 9 heteroatoms. The van der Waals surface area contributed by atoms with E-state index in [4.69, 9.17) is 63.1 Å². The monoisotopic (exact) mass is 401 g/mol. The van der Waals surface area contributed by atoms with E-state index in [9.17, 15) is 9.18 Å². The molecule has 2 aromatic rings. The largest absolute Gasteiger partial charge is 0.481 e. The third-order valence-electron chi connectivity index (χ3n) is 2.79. The molecule has 116 valence electrons. The first-order valence-corrected chi connectivity index (χ1v) is 7.51. The van der Waals surface area contributed by atoms with E-state index in [-0.39, 0.29) is 41.8 Å². The third-order valence-corrected chi connectivity index (χ3v) is 5.07. The molecule has 0 aliphatic rings. The van der Waals surface area contributed by atoms with Gasteiger partial charge in [-0.1, -0.05) is 58.0 Å². The van der Waals surface area contributed by atoms with Crippen LogP contribution in [0.1, 0.15) is 5.56 Å². The SMILES string of the molecule is O=C(O)Cc1ccnc(F)c1-c1c(Cl)c(Cl)c(Cl)c(Cl)c1Cl. The Bertz CT molecular complexity index is 753. The summed E-state index contributed by atoms with van der Waals surface area (Å²) < 4.78 is 14.2. The normalized spacial score (nSPS) is 10.8. The number of benzene rings is 1. The van der Waals surface area contributed by atoms with Crippen LogP contribution in [-0.2, 0) is 11.2 Å². The van der Waals surface area contributed by atoms with Gasteiger partial charge < -0.3 is 5.11 Å². The fourth-order valence-electron chi connectivity index (χ4n) is 1.87. The molecule has 0 saturated carbocycles. The van der Waals surface area contributed by atoms with Crippen molar-refractivity contribution in [3.8, 4) is 11.1 Å². The summed E-state index contributed by atoms with van der Waals surface area (Å²) in [5, 5.41) is 8.36. The van der Waals surface area contributed by atoms with Gasteiger partial charge in [-0.05, 0) is 11.6 Å². The quantitative estimate of drug-likeness (QED) is 0.401. The molecule has 0 bridgehead atoms. The molecule has 0 aliphatic heterocycles. The molecular formula is C13H5Cl5FNO2. The molecule has 22 heavy (non-hydrogen) atoms. The van der Waals surface area contributed by atoms with Crippen molar-refractivity contribution in [2.75, 3.05) is 0 Å². The summed E-state index contributed by atoms with van der Waals surface area (Å²) in [7, 11) is 0. The van der Waals surface area contributed by atoms with Crippen molar-refractivity contribution in [2.24, 2.45) is 0 Å². The second-order valence-corrected chi connectivity index (χ2v) is 6.04. The van der Waals surface area contributed by atoms with Crippen molar-refractivity contribution in [3.05, 3.63) is 48.9 Å². The Morgan fingerprint density at radius 3 is 2.00 bits per heavy atom. The topological polar surface area (TPSA) is 50.2 Å². The first-order chi connectivity index (χ1) is 10.3. The van der Waals surface area contributed by atoms with Gasteiger partial charge in [0.25, 0.3) is 0 Å². The molecule has 3 nitrogen and oxygen atoms in total. The molecule has 1 heterocycles. The highest BCUT2D eigenvalue weighted by molar-refractivity contribution is 6.56. The van der Waals surface area contributed by atoms with E-state index in [2.05, 4.69) is 4.98 Å². The highest BCUT2D eigenvalue weighted by Crippen LogP contribution is 2.49. The van der Waals surface area contributed by atoms with Crippen LogP contribution in [0.4, 0.5) is 4.39 Å². The minimum Gasteiger partial charge on any atom is -0.481 e. The summed E-state index contributed by atoms with van der Waals surface area (Å²) in [6.45, 7) is 0. The summed E-state index contributed by atoms with van der Waals surface area (Å²) >= 11 is 30.0. The van der Waals surface area contributed by atoms with Crippen molar-refractivity contribution in [1.82, 2.24) is 4.98 Å². The van der Waals surface area contributed by atoms with Crippen molar-refractivity contribution >= 4 is 64.0 Å². The lowest BCUT2D eigenvalue weighted by atomic mass is 9.99. The van der Waals surface area contributed by atoms with E-state index >= 15 is 0 Å². The van der Waals surface area contributed by atoms with Crippen LogP contribution in [0, 0.1) is 5.95 Å². The van der Waals surface area contributed by atoms with Crippen molar-refractivity contribution in [1.29, 1.82) is 0 Å². The molecule has 0 unspecified atom stereocenters. The average molecular weight is 403 g/mol. The standard InChI is InChI=1S/C13H5Cl5FNO2/c14-8-7(9(15)11(17)12(18)10(8)16)6-4(3-5(21)22)1-2-20-13(6)19/h1-2H,3H2,(H,21,22). The Balaban J connectivity index is 2.86. The number of rotatable bonds is 3. The number of hydrogen-bond donors (Lipinski definition) is 1. The third kappa shape index (κ3) is 3.12. The van der Waals surface area contributed by atoms with Gasteiger partial charge in [-0.15, -0.1) is 0 Å². The van der Waals surface area contributed by atoms with Gasteiger partial charge in [0.05, 0.1) is 31.5 Å². The molecule has 0 spiro atoms. The minimum atomic E-state index is -1.16. The van der Waals surface area contributed by atoms with Crippen LogP contribution in [0.3, 0.4) is 0 Å². The van der Waals surface area contributed by atoms with Gasteiger partial charge in [-0.3, -0.25) is 4.79 Å². The highest BCUT2D eigenvalue weighted by Gasteiger charge is 2.25. The molecule has 0 fully saturated rings. The number of nitrogens with zero attached hydrogens (tertiary/aromatic N) is 1. The van der Waals surface area contributed by atoms with E-state index in [1.807, 2.05) is 0 Å². The number of halogens is 6. The number of pyridine rings is 1. The molecule has 0 aliphatic carbocycles. The van der Waals surface area contributed by atoms with E-state index in [1.54, 1.807) is 0 Å². The van der Waals surface area contributed by atoms with Crippen molar-refractivity contribution in [3.63, 3.8) is 0 Å². The Kier molecular flexibility index (Phi) is 5.41. The van der Waals surface area contributed by atoms with E-state index in [0.717, 1.165) is 6.20 Å². The van der Waals surface area contributed by atoms with E-state index < -0.39 is 18.3 Å². The Labute approximate surface area is 149 Å². The first kappa shape index (κ1) is 17.6. The molecule has 0 amide bonds. The fourth-order valence-corrected chi connectivity index (χ4v) is 3.20. The molecule has 1 N–H and O–H groups in total. The molecule has 0 saturated heterocycles. The van der Waals surface area contributed by atoms with Crippen LogP contribution in [0.15, 0.2) is 12.3 Å². The number of carboxylic acid groups (broad SMARTS) is 1. The number of carbonyl (C=O) groups is 1. The summed E-state index contributed by atoms with van der Waals surface area (Å²) in [5.41, 5.74) is -0.108. The molecule has 1 aromatic carbocycles. The summed E-state index contributed by atoms with van der Waals surface area (Å²) in [5.74, 6) is -2.11. The van der Waals surface area contributed by atoms with Crippen LogP contribution in [0.25, 0.3) is 11.1 Å². The second kappa shape index (κ2) is 6.77. The van der Waals surface area contributed by atoms with Gasteiger partial charge in [0.15, 0.2) is 0 Å². The lowest BCUT2D eigenvalue weighted by Crippen LogP contribution is -2.05. The van der Waals surface area contributed by atoms with E-state index in [0.29, 0.717) is 0 Å². The van der Waals surface area contributed by atoms with Crippen LogP contribution in [-0.4, -0.2) is 16.1 Å². The highest BCUT2D eigenvalue weighted by atomic mass is 35.5. The van der Waals surface area contributed by atoms with Gasteiger partial charge in [0.1, 0.15) is 0 Å². The smallest absolute Gasteiger partial charge is 0.307 e. The van der Waals surface area contributed by atoms with Crippen LogP contribution >= 0.6 is 58.0 Å². The lowest BCUT2D eigenvalue weighted by molar-refractivity contribution is -0.136. The van der Waals surface area contributed by atoms with Crippen LogP contribution in [0.2, 0.25) is 25.1 Å². The molecule has 0 radical (unpaired) electrons. The Hall–Kier alpha value is -0.780. The minimum absolute atomic E-state index is 0.0513. The Morgan fingerprint density at radius 1 is 1.00 bits per heavy atom. The molecule has 2 rings (SSSR count). The van der Waals surface area contributed by atoms with Gasteiger partial charge in [0, 0.05) is 17.3 Å². The van der Waals surface area contributed by atoms with Crippen LogP contribution in [0.5, 0.6) is 0 Å². The van der Waals surface area contributed by atoms with Gasteiger partial charge >= 0.3 is 5.97 Å². The number of carboxylic acids is 1. The lowest BCUT2D eigenvalue weighted by Gasteiger charge is -2.15. The van der Waals surface area contributed by atoms with Gasteiger partial charge in [-0.2, -0.15) is 4.39 Å². The predicted octanol–water partition coefficient (Wildman–Crippen LogP) is 5.78. The zero-order valence-corrected chi connectivity index (χ0v) is 14.2. The summed E-state index contributed by atoms with van der Waals surface area (Å²) in [6.07, 6.45) is 0.678. The maximum absolute atomic E-state index is 14.2. The summed E-state index contributed by atoms with van der Waals surface area (Å²) in [6, 6.07) is 1.34. The summed E-state index contributed by atoms with van der Waals surface area (Å²) in [4.78, 5) is 14.4. The molecule has 0 atom stereocenters. The fraction of sp³-hybridized carbons (Fsp3) is 0.0769. The average Bonchev–Trinajstić information content (AvgIpc) is 2.45. The number of aromatic nitrogens is 1. The van der Waals surface area contributed by atoms with Gasteiger partial charge in [-0.25, -0.2) is 4.98 Å². The molecular weight excluding hydrogens is 398 g/mol. The van der Waals surface area contributed by atoms with E-state index in [1.165, 1.54) is 6.07 Å². The Morgan fingerprint density at radius 2 is 1.50 bits per heavy atom. The predicted molar refractivity (Wildman–Crippen MR) is 86.0 cm³/mol. The zero-order chi connectivity index (χ0) is 16.6. The first-order valence-electron chi connectivity index (χ1n) is 5.62. The maximum Gasteiger partial charge on any atom is 0.307 e. The van der Waals surface area contributed by atoms with Crippen molar-refractivity contribution < 1.29 is 14.3 Å². The number of aliphatic carboxylic acids is 1.